The number of hydrogen-bond acceptors (Lipinski definition) is 3. The first-order valence-electron chi connectivity index (χ1n) is 10.00. The fraction of sp³-hybridized carbons (Fsp3) is 0.435. The molecule has 0 heterocycles. The first kappa shape index (κ1) is 20.8. The van der Waals surface area contributed by atoms with Crippen LogP contribution in [-0.2, 0) is 11.2 Å². The van der Waals surface area contributed by atoms with Gasteiger partial charge in [-0.3, -0.25) is 4.79 Å². The summed E-state index contributed by atoms with van der Waals surface area (Å²) >= 11 is 0. The molecule has 2 aromatic carbocycles. The number of phenolic OH excluding ortho intramolecular Hbond substituents is 1. The van der Waals surface area contributed by atoms with E-state index >= 15 is 0 Å². The van der Waals surface area contributed by atoms with E-state index in [2.05, 4.69) is 49.2 Å². The maximum Gasteiger partial charge on any atom is 0.224 e. The van der Waals surface area contributed by atoms with Gasteiger partial charge in [-0.05, 0) is 49.6 Å². The molecule has 0 spiro atoms. The van der Waals surface area contributed by atoms with Crippen LogP contribution in [-0.4, -0.2) is 24.1 Å². The number of amides is 1. The molecule has 27 heavy (non-hydrogen) atoms. The average molecular weight is 369 g/mol. The van der Waals surface area contributed by atoms with Gasteiger partial charge in [0.05, 0.1) is 12.5 Å². The van der Waals surface area contributed by atoms with E-state index in [4.69, 9.17) is 0 Å². The number of nitrogens with zero attached hydrogens (tertiary/aromatic N) is 1. The predicted molar refractivity (Wildman–Crippen MR) is 112 cm³/mol. The van der Waals surface area contributed by atoms with Crippen LogP contribution in [0, 0.1) is 0 Å². The van der Waals surface area contributed by atoms with Crippen LogP contribution in [0.25, 0.3) is 0 Å². The van der Waals surface area contributed by atoms with Crippen LogP contribution in [0.15, 0.2) is 48.5 Å². The van der Waals surface area contributed by atoms with Gasteiger partial charge in [0.2, 0.25) is 5.91 Å². The van der Waals surface area contributed by atoms with Gasteiger partial charge < -0.3 is 15.3 Å². The number of hydrogen-bond donors (Lipinski definition) is 2. The number of unbranched alkanes of at least 4 members (excludes halogenated alkanes) is 1. The molecule has 0 aromatic heterocycles. The Hall–Kier alpha value is -2.49. The summed E-state index contributed by atoms with van der Waals surface area (Å²) in [6, 6.07) is 15.2. The van der Waals surface area contributed by atoms with Crippen LogP contribution in [0.5, 0.6) is 5.75 Å². The third-order valence-electron chi connectivity index (χ3n) is 4.90. The maximum atomic E-state index is 12.7. The first-order chi connectivity index (χ1) is 13.1. The molecule has 146 valence electrons. The van der Waals surface area contributed by atoms with Gasteiger partial charge in [0.1, 0.15) is 5.75 Å². The van der Waals surface area contributed by atoms with Crippen LogP contribution in [0.2, 0.25) is 0 Å². The standard InChI is InChI=1S/C23H32N2O2/c1-4-7-11-21(20-10-8-9-12-22(20)25(5-2)6-3)24-23(27)17-18-13-15-19(26)16-14-18/h8-10,12-16,21,26H,4-7,11,17H2,1-3H3,(H,24,27). The zero-order valence-corrected chi connectivity index (χ0v) is 16.7. The number of rotatable bonds is 10. The summed E-state index contributed by atoms with van der Waals surface area (Å²) in [6.45, 7) is 8.37. The third-order valence-corrected chi connectivity index (χ3v) is 4.90. The molecule has 2 rings (SSSR count). The molecule has 0 aliphatic rings. The minimum absolute atomic E-state index is 0.00589. The Morgan fingerprint density at radius 3 is 2.33 bits per heavy atom. The van der Waals surface area contributed by atoms with Gasteiger partial charge in [0.15, 0.2) is 0 Å². The number of benzene rings is 2. The van der Waals surface area contributed by atoms with Crippen molar-refractivity contribution in [3.8, 4) is 5.75 Å². The Kier molecular flexibility index (Phi) is 8.18. The van der Waals surface area contributed by atoms with E-state index in [0.29, 0.717) is 6.42 Å². The van der Waals surface area contributed by atoms with E-state index in [1.54, 1.807) is 24.3 Å². The molecule has 4 nitrogen and oxygen atoms in total. The van der Waals surface area contributed by atoms with Gasteiger partial charge >= 0.3 is 0 Å². The topological polar surface area (TPSA) is 52.6 Å². The van der Waals surface area contributed by atoms with Crippen molar-refractivity contribution in [3.63, 3.8) is 0 Å². The van der Waals surface area contributed by atoms with E-state index in [0.717, 1.165) is 37.9 Å². The van der Waals surface area contributed by atoms with Crippen molar-refractivity contribution < 1.29 is 9.90 Å². The maximum absolute atomic E-state index is 12.7. The van der Waals surface area contributed by atoms with Crippen LogP contribution in [0.1, 0.15) is 57.2 Å². The van der Waals surface area contributed by atoms with Crippen molar-refractivity contribution in [2.24, 2.45) is 0 Å². The van der Waals surface area contributed by atoms with Crippen molar-refractivity contribution in [1.82, 2.24) is 5.32 Å². The van der Waals surface area contributed by atoms with E-state index in [-0.39, 0.29) is 17.7 Å². The van der Waals surface area contributed by atoms with Crippen LogP contribution >= 0.6 is 0 Å². The number of nitrogens with one attached hydrogen (secondary N) is 1. The van der Waals surface area contributed by atoms with Crippen LogP contribution < -0.4 is 10.2 Å². The highest BCUT2D eigenvalue weighted by atomic mass is 16.3. The number of phenols is 1. The Morgan fingerprint density at radius 1 is 1.04 bits per heavy atom. The third kappa shape index (κ3) is 6.02. The van der Waals surface area contributed by atoms with Crippen LogP contribution in [0.3, 0.4) is 0 Å². The highest BCUT2D eigenvalue weighted by Gasteiger charge is 2.19. The van der Waals surface area contributed by atoms with Gasteiger partial charge in [-0.15, -0.1) is 0 Å². The summed E-state index contributed by atoms with van der Waals surface area (Å²) in [5, 5.41) is 12.7. The Labute approximate surface area is 163 Å². The number of anilines is 1. The summed E-state index contributed by atoms with van der Waals surface area (Å²) in [7, 11) is 0. The molecule has 0 radical (unpaired) electrons. The molecule has 1 amide bonds. The predicted octanol–water partition coefficient (Wildman–Crippen LogP) is 4.83. The molecule has 1 atom stereocenters. The number of carbonyl (C=O) groups is 1. The second kappa shape index (κ2) is 10.6. The van der Waals surface area contributed by atoms with Crippen molar-refractivity contribution in [3.05, 3.63) is 59.7 Å². The zero-order chi connectivity index (χ0) is 19.6. The Balaban J connectivity index is 2.19. The van der Waals surface area contributed by atoms with Gasteiger partial charge in [-0.2, -0.15) is 0 Å². The lowest BCUT2D eigenvalue weighted by Crippen LogP contribution is -2.32. The lowest BCUT2D eigenvalue weighted by molar-refractivity contribution is -0.121. The monoisotopic (exact) mass is 368 g/mol. The Morgan fingerprint density at radius 2 is 1.70 bits per heavy atom. The Bertz CT molecular complexity index is 709. The number of para-hydroxylation sites is 1. The van der Waals surface area contributed by atoms with E-state index in [1.165, 1.54) is 11.3 Å². The van der Waals surface area contributed by atoms with Crippen LogP contribution in [0.4, 0.5) is 5.69 Å². The molecule has 0 aliphatic heterocycles. The van der Waals surface area contributed by atoms with Crippen molar-refractivity contribution in [2.45, 2.75) is 52.5 Å². The highest BCUT2D eigenvalue weighted by Crippen LogP contribution is 2.29. The van der Waals surface area contributed by atoms with Crippen molar-refractivity contribution in [1.29, 1.82) is 0 Å². The van der Waals surface area contributed by atoms with E-state index < -0.39 is 0 Å². The molecule has 2 aromatic rings. The van der Waals surface area contributed by atoms with E-state index in [1.807, 2.05) is 6.07 Å². The molecule has 0 saturated carbocycles. The molecule has 0 bridgehead atoms. The number of aromatic hydroxyl groups is 1. The zero-order valence-electron chi connectivity index (χ0n) is 16.7. The highest BCUT2D eigenvalue weighted by molar-refractivity contribution is 5.79. The quantitative estimate of drug-likeness (QED) is 0.632. The fourth-order valence-electron chi connectivity index (χ4n) is 3.39. The lowest BCUT2D eigenvalue weighted by atomic mass is 9.98. The van der Waals surface area contributed by atoms with Gasteiger partial charge in [0, 0.05) is 18.8 Å². The molecule has 1 unspecified atom stereocenters. The van der Waals surface area contributed by atoms with Crippen molar-refractivity contribution >= 4 is 11.6 Å². The van der Waals surface area contributed by atoms with Gasteiger partial charge in [-0.1, -0.05) is 50.1 Å². The molecular weight excluding hydrogens is 336 g/mol. The number of carbonyl (C=O) groups excluding carboxylic acids is 1. The van der Waals surface area contributed by atoms with Crippen molar-refractivity contribution in [2.75, 3.05) is 18.0 Å². The largest absolute Gasteiger partial charge is 0.508 e. The molecule has 0 aliphatic carbocycles. The van der Waals surface area contributed by atoms with E-state index in [9.17, 15) is 9.90 Å². The SMILES string of the molecule is CCCCC(NC(=O)Cc1ccc(O)cc1)c1ccccc1N(CC)CC. The molecule has 4 heteroatoms. The molecule has 0 saturated heterocycles. The molecule has 0 fully saturated rings. The molecular formula is C23H32N2O2. The van der Waals surface area contributed by atoms with Gasteiger partial charge in [-0.25, -0.2) is 0 Å². The second-order valence-electron chi connectivity index (χ2n) is 6.84. The summed E-state index contributed by atoms with van der Waals surface area (Å²) in [6.07, 6.45) is 3.40. The average Bonchev–Trinajstić information content (AvgIpc) is 2.68. The smallest absolute Gasteiger partial charge is 0.224 e. The minimum Gasteiger partial charge on any atom is -0.508 e. The summed E-state index contributed by atoms with van der Waals surface area (Å²) < 4.78 is 0. The molecule has 2 N–H and O–H groups in total. The second-order valence-corrected chi connectivity index (χ2v) is 6.84. The lowest BCUT2D eigenvalue weighted by Gasteiger charge is -2.28. The summed E-state index contributed by atoms with van der Waals surface area (Å²) in [5.41, 5.74) is 3.29. The minimum atomic E-state index is 0.00589. The summed E-state index contributed by atoms with van der Waals surface area (Å²) in [4.78, 5) is 15.0. The first-order valence-corrected chi connectivity index (χ1v) is 10.00. The van der Waals surface area contributed by atoms with Gasteiger partial charge in [0.25, 0.3) is 0 Å². The normalized spacial score (nSPS) is 11.8. The summed E-state index contributed by atoms with van der Waals surface area (Å²) in [5.74, 6) is 0.226. The fourth-order valence-corrected chi connectivity index (χ4v) is 3.39.